The van der Waals surface area contributed by atoms with E-state index in [-0.39, 0.29) is 42.4 Å². The first-order chi connectivity index (χ1) is 16.1. The van der Waals surface area contributed by atoms with Gasteiger partial charge in [-0.1, -0.05) is 30.4 Å². The molecule has 2 N–H and O–H groups in total. The predicted octanol–water partition coefficient (Wildman–Crippen LogP) is 1.87. The Labute approximate surface area is 192 Å². The number of rotatable bonds is 6. The van der Waals surface area contributed by atoms with Gasteiger partial charge >= 0.3 is 12.0 Å². The molecule has 0 unspecified atom stereocenters. The lowest BCUT2D eigenvalue weighted by atomic mass is 9.96. The van der Waals surface area contributed by atoms with Crippen LogP contribution in [0, 0.1) is 0 Å². The number of ether oxygens (including phenoxy) is 3. The Bertz CT molecular complexity index is 962. The average Bonchev–Trinajstić information content (AvgIpc) is 3.52. The third-order valence-corrected chi connectivity index (χ3v) is 6.60. The van der Waals surface area contributed by atoms with Gasteiger partial charge in [0.25, 0.3) is 0 Å². The van der Waals surface area contributed by atoms with E-state index >= 15 is 0 Å². The minimum Gasteiger partial charge on any atom is -0.423 e. The minimum atomic E-state index is -0.274. The Morgan fingerprint density at radius 2 is 1.94 bits per heavy atom. The predicted molar refractivity (Wildman–Crippen MR) is 120 cm³/mol. The van der Waals surface area contributed by atoms with E-state index in [2.05, 4.69) is 26.2 Å². The van der Waals surface area contributed by atoms with Crippen molar-refractivity contribution in [2.75, 3.05) is 32.2 Å². The number of benzene rings is 1. The second-order valence-corrected chi connectivity index (χ2v) is 9.12. The van der Waals surface area contributed by atoms with Gasteiger partial charge in [-0.25, -0.2) is 4.79 Å². The van der Waals surface area contributed by atoms with E-state index in [9.17, 15) is 4.79 Å². The van der Waals surface area contributed by atoms with Crippen molar-refractivity contribution in [3.8, 4) is 11.8 Å². The zero-order chi connectivity index (χ0) is 22.8. The third kappa shape index (κ3) is 4.74. The number of hydrogen-bond acceptors (Lipinski definition) is 8. The molecule has 3 aliphatic rings. The summed E-state index contributed by atoms with van der Waals surface area (Å²) in [5.74, 6) is 0.638. The maximum absolute atomic E-state index is 12.5. The van der Waals surface area contributed by atoms with Crippen LogP contribution in [0.1, 0.15) is 38.1 Å². The molecule has 11 nitrogen and oxygen atoms in total. The molecule has 2 aliphatic heterocycles. The van der Waals surface area contributed by atoms with E-state index < -0.39 is 0 Å². The standard InChI is InChI=1S/C22H31N7O4/c1-28(2)15-9-6-10-16(11-15)33-22-25-26-27-29(22)18-13-32-19-17(12-31-20(18)19)24-21(30)23-14-7-4-3-5-8-14/h6,9-11,14,17-20H,3-5,7-8,12-13H2,1-2H3,(H2,23,24,30)/t17-,18+,19-,20+/m0/s1. The van der Waals surface area contributed by atoms with Gasteiger partial charge in [0.2, 0.25) is 0 Å². The lowest BCUT2D eigenvalue weighted by molar-refractivity contribution is 0.0613. The Kier molecular flexibility index (Phi) is 6.32. The first kappa shape index (κ1) is 21.9. The molecule has 3 fully saturated rings. The van der Waals surface area contributed by atoms with Crippen molar-refractivity contribution in [3.05, 3.63) is 24.3 Å². The van der Waals surface area contributed by atoms with Crippen LogP contribution in [0.3, 0.4) is 0 Å². The molecular formula is C22H31N7O4. The van der Waals surface area contributed by atoms with Crippen LogP contribution in [0.2, 0.25) is 0 Å². The fourth-order valence-corrected chi connectivity index (χ4v) is 4.85. The van der Waals surface area contributed by atoms with E-state index in [1.807, 2.05) is 43.3 Å². The van der Waals surface area contributed by atoms with E-state index in [1.54, 1.807) is 4.68 Å². The molecule has 0 bridgehead atoms. The smallest absolute Gasteiger partial charge is 0.341 e. The van der Waals surface area contributed by atoms with Crippen LogP contribution in [-0.4, -0.2) is 77.8 Å². The van der Waals surface area contributed by atoms with Crippen LogP contribution >= 0.6 is 0 Å². The van der Waals surface area contributed by atoms with Crippen molar-refractivity contribution in [1.82, 2.24) is 30.8 Å². The van der Waals surface area contributed by atoms with Crippen LogP contribution < -0.4 is 20.3 Å². The molecule has 0 spiro atoms. The monoisotopic (exact) mass is 457 g/mol. The lowest BCUT2D eigenvalue weighted by Crippen LogP contribution is -2.50. The Hall–Kier alpha value is -2.92. The van der Waals surface area contributed by atoms with E-state index in [0.29, 0.717) is 19.0 Å². The van der Waals surface area contributed by atoms with Crippen molar-refractivity contribution in [3.63, 3.8) is 0 Å². The summed E-state index contributed by atoms with van der Waals surface area (Å²) in [4.78, 5) is 14.5. The van der Waals surface area contributed by atoms with E-state index in [1.165, 1.54) is 19.3 Å². The van der Waals surface area contributed by atoms with Gasteiger partial charge in [-0.3, -0.25) is 0 Å². The molecule has 11 heteroatoms. The maximum Gasteiger partial charge on any atom is 0.341 e. The second kappa shape index (κ2) is 9.52. The van der Waals surface area contributed by atoms with Crippen LogP contribution in [0.25, 0.3) is 0 Å². The number of amides is 2. The highest BCUT2D eigenvalue weighted by Gasteiger charge is 2.50. The topological polar surface area (TPSA) is 116 Å². The number of urea groups is 1. The molecule has 1 aromatic heterocycles. The highest BCUT2D eigenvalue weighted by molar-refractivity contribution is 5.74. The zero-order valence-electron chi connectivity index (χ0n) is 19.0. The molecule has 2 saturated heterocycles. The Morgan fingerprint density at radius 3 is 2.76 bits per heavy atom. The summed E-state index contributed by atoms with van der Waals surface area (Å²) < 4.78 is 19.6. The maximum atomic E-state index is 12.5. The van der Waals surface area contributed by atoms with E-state index in [0.717, 1.165) is 18.5 Å². The summed E-state index contributed by atoms with van der Waals surface area (Å²) in [7, 11) is 3.94. The van der Waals surface area contributed by atoms with E-state index in [4.69, 9.17) is 14.2 Å². The van der Waals surface area contributed by atoms with Crippen molar-refractivity contribution >= 4 is 11.7 Å². The summed E-state index contributed by atoms with van der Waals surface area (Å²) >= 11 is 0. The van der Waals surface area contributed by atoms with Crippen LogP contribution in [0.15, 0.2) is 24.3 Å². The number of tetrazole rings is 1. The van der Waals surface area contributed by atoms with Crippen molar-refractivity contribution < 1.29 is 19.0 Å². The highest BCUT2D eigenvalue weighted by atomic mass is 16.6. The van der Waals surface area contributed by atoms with Crippen LogP contribution in [0.5, 0.6) is 11.8 Å². The lowest BCUT2D eigenvalue weighted by Gasteiger charge is -2.24. The molecule has 1 aromatic carbocycles. The molecule has 5 rings (SSSR count). The quantitative estimate of drug-likeness (QED) is 0.676. The van der Waals surface area contributed by atoms with Crippen LogP contribution in [0.4, 0.5) is 10.5 Å². The number of anilines is 1. The highest BCUT2D eigenvalue weighted by Crippen LogP contribution is 2.36. The molecule has 2 aromatic rings. The summed E-state index contributed by atoms with van der Waals surface area (Å²) in [5, 5.41) is 18.1. The van der Waals surface area contributed by atoms with Gasteiger partial charge in [0.15, 0.2) is 0 Å². The molecule has 1 saturated carbocycles. The van der Waals surface area contributed by atoms with Crippen LogP contribution in [-0.2, 0) is 9.47 Å². The first-order valence-electron chi connectivity index (χ1n) is 11.6. The largest absolute Gasteiger partial charge is 0.423 e. The number of nitrogens with one attached hydrogen (secondary N) is 2. The van der Waals surface area contributed by atoms with Gasteiger partial charge in [0.05, 0.1) is 19.3 Å². The van der Waals surface area contributed by atoms with Crippen molar-refractivity contribution in [2.24, 2.45) is 0 Å². The number of carbonyl (C=O) groups excluding carboxylic acids is 1. The summed E-state index contributed by atoms with van der Waals surface area (Å²) in [5.41, 5.74) is 1.01. The molecule has 3 heterocycles. The van der Waals surface area contributed by atoms with Gasteiger partial charge in [-0.2, -0.15) is 4.68 Å². The summed E-state index contributed by atoms with van der Waals surface area (Å²) in [6, 6.07) is 7.59. The van der Waals surface area contributed by atoms with Crippen molar-refractivity contribution in [2.45, 2.75) is 62.4 Å². The van der Waals surface area contributed by atoms with Gasteiger partial charge < -0.3 is 29.7 Å². The molecule has 2 amide bonds. The van der Waals surface area contributed by atoms with Crippen molar-refractivity contribution in [1.29, 1.82) is 0 Å². The fraction of sp³-hybridized carbons (Fsp3) is 0.636. The van der Waals surface area contributed by atoms with Gasteiger partial charge in [0, 0.05) is 31.9 Å². The van der Waals surface area contributed by atoms with Gasteiger partial charge in [-0.15, -0.1) is 0 Å². The number of fused-ring (bicyclic) bond motifs is 1. The average molecular weight is 458 g/mol. The zero-order valence-corrected chi connectivity index (χ0v) is 19.0. The molecule has 178 valence electrons. The normalized spacial score (nSPS) is 27.2. The molecular weight excluding hydrogens is 426 g/mol. The minimum absolute atomic E-state index is 0.157. The molecule has 33 heavy (non-hydrogen) atoms. The fourth-order valence-electron chi connectivity index (χ4n) is 4.85. The second-order valence-electron chi connectivity index (χ2n) is 9.12. The van der Waals surface area contributed by atoms with Gasteiger partial charge in [-0.05, 0) is 35.4 Å². The Morgan fingerprint density at radius 1 is 1.12 bits per heavy atom. The number of aromatic nitrogens is 4. The number of carbonyl (C=O) groups is 1. The molecule has 1 aliphatic carbocycles. The molecule has 0 radical (unpaired) electrons. The SMILES string of the molecule is CN(C)c1cccc(Oc2nnnn2[C@@H]2CO[C@@H]3[C@@H]2OC[C@@H]3NC(=O)NC2CCCCC2)c1. The third-order valence-electron chi connectivity index (χ3n) is 6.60. The van der Waals surface area contributed by atoms with Gasteiger partial charge in [0.1, 0.15) is 24.0 Å². The first-order valence-corrected chi connectivity index (χ1v) is 11.6. The summed E-state index contributed by atoms with van der Waals surface area (Å²) in [6.45, 7) is 0.754. The number of hydrogen-bond donors (Lipinski definition) is 2. The summed E-state index contributed by atoms with van der Waals surface area (Å²) in [6.07, 6.45) is 5.13. The number of nitrogens with zero attached hydrogens (tertiary/aromatic N) is 5. The Balaban J connectivity index is 1.22. The molecule has 4 atom stereocenters.